The maximum Gasteiger partial charge on any atom is 0.337 e. The molecule has 0 spiro atoms. The second-order valence-corrected chi connectivity index (χ2v) is 5.93. The fraction of sp³-hybridized carbons (Fsp3) is 0. The van der Waals surface area contributed by atoms with E-state index in [0.29, 0.717) is 10.1 Å². The first-order valence-electron chi connectivity index (χ1n) is 6.94. The molecule has 3 rings (SSSR count). The number of phenolic OH excluding ortho intramolecular Hbond substituents is 1. The Hall–Kier alpha value is -3.06. The van der Waals surface area contributed by atoms with Gasteiger partial charge in [0.05, 0.1) is 16.2 Å². The molecule has 0 atom stereocenters. The maximum absolute atomic E-state index is 12.0. The number of amides is 1. The summed E-state index contributed by atoms with van der Waals surface area (Å²) in [6.07, 6.45) is 1.67. The monoisotopic (exact) mass is 340 g/mol. The van der Waals surface area contributed by atoms with Gasteiger partial charge in [0.2, 0.25) is 0 Å². The van der Waals surface area contributed by atoms with Crippen LogP contribution in [0.5, 0.6) is 5.75 Å². The Morgan fingerprint density at radius 3 is 2.54 bits per heavy atom. The van der Waals surface area contributed by atoms with Gasteiger partial charge in [0.15, 0.2) is 5.17 Å². The number of carboxylic acids is 1. The van der Waals surface area contributed by atoms with Crippen LogP contribution in [0.25, 0.3) is 6.08 Å². The van der Waals surface area contributed by atoms with Gasteiger partial charge in [0.25, 0.3) is 5.91 Å². The lowest BCUT2D eigenvalue weighted by atomic mass is 10.2. The Morgan fingerprint density at radius 1 is 1.12 bits per heavy atom. The van der Waals surface area contributed by atoms with Gasteiger partial charge in [-0.1, -0.05) is 24.3 Å². The molecule has 6 nitrogen and oxygen atoms in total. The Balaban J connectivity index is 1.87. The molecule has 0 aromatic heterocycles. The number of aromatic carboxylic acids is 1. The number of nitrogens with one attached hydrogen (secondary N) is 1. The van der Waals surface area contributed by atoms with Crippen LogP contribution in [-0.2, 0) is 4.79 Å². The number of aliphatic imine (C=N–C) groups is 1. The van der Waals surface area contributed by atoms with Gasteiger partial charge < -0.3 is 15.5 Å². The normalized spacial score (nSPS) is 17.2. The average Bonchev–Trinajstić information content (AvgIpc) is 2.89. The molecule has 2 aromatic rings. The SMILES string of the molecule is O=C1NC(=Nc2ccccc2C(=O)O)SC1=Cc1ccc(O)cc1. The van der Waals surface area contributed by atoms with Gasteiger partial charge in [-0.2, -0.15) is 0 Å². The van der Waals surface area contributed by atoms with Crippen LogP contribution in [0.3, 0.4) is 0 Å². The molecule has 2 aromatic carbocycles. The van der Waals surface area contributed by atoms with Crippen LogP contribution < -0.4 is 5.32 Å². The van der Waals surface area contributed by atoms with Crippen molar-refractivity contribution in [2.45, 2.75) is 0 Å². The summed E-state index contributed by atoms with van der Waals surface area (Å²) in [5.74, 6) is -1.24. The Morgan fingerprint density at radius 2 is 1.83 bits per heavy atom. The highest BCUT2D eigenvalue weighted by molar-refractivity contribution is 8.18. The van der Waals surface area contributed by atoms with E-state index in [-0.39, 0.29) is 22.9 Å². The van der Waals surface area contributed by atoms with Crippen LogP contribution in [0.15, 0.2) is 58.4 Å². The first-order valence-corrected chi connectivity index (χ1v) is 7.75. The summed E-state index contributed by atoms with van der Waals surface area (Å²) >= 11 is 1.13. The van der Waals surface area contributed by atoms with Gasteiger partial charge >= 0.3 is 5.97 Å². The van der Waals surface area contributed by atoms with Crippen molar-refractivity contribution in [2.24, 2.45) is 4.99 Å². The standard InChI is InChI=1S/C17H12N2O4S/c20-11-7-5-10(6-8-11)9-14-15(21)19-17(24-14)18-13-4-2-1-3-12(13)16(22)23/h1-9,20H,(H,22,23)(H,18,19,21). The molecule has 0 aliphatic carbocycles. The van der Waals surface area contributed by atoms with Gasteiger partial charge in [-0.05, 0) is 47.7 Å². The number of thioether (sulfide) groups is 1. The largest absolute Gasteiger partial charge is 0.508 e. The minimum absolute atomic E-state index is 0.0656. The smallest absolute Gasteiger partial charge is 0.337 e. The number of nitrogens with zero attached hydrogens (tertiary/aromatic N) is 1. The van der Waals surface area contributed by atoms with E-state index in [2.05, 4.69) is 10.3 Å². The number of rotatable bonds is 3. The molecule has 1 amide bonds. The predicted molar refractivity (Wildman–Crippen MR) is 92.3 cm³/mol. The van der Waals surface area contributed by atoms with Gasteiger partial charge in [-0.3, -0.25) is 4.79 Å². The van der Waals surface area contributed by atoms with Crippen LogP contribution in [-0.4, -0.2) is 27.3 Å². The van der Waals surface area contributed by atoms with Crippen molar-refractivity contribution in [3.8, 4) is 5.75 Å². The Kier molecular flexibility index (Phi) is 4.35. The lowest BCUT2D eigenvalue weighted by Gasteiger charge is -2.00. The summed E-state index contributed by atoms with van der Waals surface area (Å²) < 4.78 is 0. The lowest BCUT2D eigenvalue weighted by Crippen LogP contribution is -2.19. The minimum Gasteiger partial charge on any atom is -0.508 e. The summed E-state index contributed by atoms with van der Waals surface area (Å²) in [6.45, 7) is 0. The number of hydrogen-bond donors (Lipinski definition) is 3. The van der Waals surface area contributed by atoms with E-state index in [9.17, 15) is 14.7 Å². The van der Waals surface area contributed by atoms with Crippen molar-refractivity contribution in [2.75, 3.05) is 0 Å². The number of carbonyl (C=O) groups excluding carboxylic acids is 1. The topological polar surface area (TPSA) is 99.0 Å². The number of aromatic hydroxyl groups is 1. The second-order valence-electron chi connectivity index (χ2n) is 4.90. The van der Waals surface area contributed by atoms with Gasteiger partial charge in [-0.15, -0.1) is 0 Å². The van der Waals surface area contributed by atoms with Gasteiger partial charge in [0.1, 0.15) is 5.75 Å². The fourth-order valence-electron chi connectivity index (χ4n) is 2.06. The molecule has 1 aliphatic heterocycles. The number of hydrogen-bond acceptors (Lipinski definition) is 5. The molecule has 0 saturated carbocycles. The van der Waals surface area contributed by atoms with Crippen LogP contribution in [0.2, 0.25) is 0 Å². The molecule has 7 heteroatoms. The first-order chi connectivity index (χ1) is 11.5. The number of amidine groups is 1. The number of carboxylic acid groups (broad SMARTS) is 1. The Bertz CT molecular complexity index is 872. The third-order valence-corrected chi connectivity index (χ3v) is 4.11. The lowest BCUT2D eigenvalue weighted by molar-refractivity contribution is -0.115. The quantitative estimate of drug-likeness (QED) is 0.746. The van der Waals surface area contributed by atoms with Crippen molar-refractivity contribution < 1.29 is 19.8 Å². The van der Waals surface area contributed by atoms with Crippen LogP contribution in [0.4, 0.5) is 5.69 Å². The van der Waals surface area contributed by atoms with Crippen molar-refractivity contribution in [3.63, 3.8) is 0 Å². The third kappa shape index (κ3) is 3.47. The Labute approximate surface area is 141 Å². The first kappa shape index (κ1) is 15.8. The molecular weight excluding hydrogens is 328 g/mol. The summed E-state index contributed by atoms with van der Waals surface area (Å²) in [5, 5.41) is 21.4. The predicted octanol–water partition coefficient (Wildman–Crippen LogP) is 2.98. The highest BCUT2D eigenvalue weighted by atomic mass is 32.2. The molecule has 0 radical (unpaired) electrons. The zero-order valence-electron chi connectivity index (χ0n) is 12.3. The summed E-state index contributed by atoms with van der Waals surface area (Å²) in [5.41, 5.74) is 1.10. The maximum atomic E-state index is 12.0. The average molecular weight is 340 g/mol. The molecule has 24 heavy (non-hydrogen) atoms. The number of phenols is 1. The van der Waals surface area contributed by atoms with E-state index in [1.807, 2.05) is 0 Å². The number of benzene rings is 2. The van der Waals surface area contributed by atoms with E-state index in [4.69, 9.17) is 5.11 Å². The van der Waals surface area contributed by atoms with E-state index >= 15 is 0 Å². The van der Waals surface area contributed by atoms with E-state index in [1.54, 1.807) is 36.4 Å². The summed E-state index contributed by atoms with van der Waals surface area (Å²) in [7, 11) is 0. The molecule has 0 bridgehead atoms. The van der Waals surface area contributed by atoms with Crippen molar-refractivity contribution in [3.05, 3.63) is 64.6 Å². The second kappa shape index (κ2) is 6.59. The molecule has 120 valence electrons. The highest BCUT2D eigenvalue weighted by Crippen LogP contribution is 2.29. The van der Waals surface area contributed by atoms with Crippen molar-refractivity contribution >= 4 is 40.6 Å². The number of carbonyl (C=O) groups is 2. The van der Waals surface area contributed by atoms with Crippen LogP contribution in [0.1, 0.15) is 15.9 Å². The van der Waals surface area contributed by atoms with Gasteiger partial charge in [0, 0.05) is 0 Å². The van der Waals surface area contributed by atoms with E-state index in [0.717, 1.165) is 17.3 Å². The number of para-hydroxylation sites is 1. The molecule has 1 aliphatic rings. The zero-order valence-corrected chi connectivity index (χ0v) is 13.1. The zero-order chi connectivity index (χ0) is 17.1. The minimum atomic E-state index is -1.08. The van der Waals surface area contributed by atoms with E-state index in [1.165, 1.54) is 18.2 Å². The molecule has 0 unspecified atom stereocenters. The third-order valence-electron chi connectivity index (χ3n) is 3.20. The van der Waals surface area contributed by atoms with E-state index < -0.39 is 5.97 Å². The van der Waals surface area contributed by atoms with Crippen LogP contribution in [0, 0.1) is 0 Å². The molecule has 1 fully saturated rings. The van der Waals surface area contributed by atoms with Gasteiger partial charge in [-0.25, -0.2) is 9.79 Å². The highest BCUT2D eigenvalue weighted by Gasteiger charge is 2.24. The molecule has 3 N–H and O–H groups in total. The molecule has 1 heterocycles. The van der Waals surface area contributed by atoms with Crippen molar-refractivity contribution in [1.82, 2.24) is 5.32 Å². The summed E-state index contributed by atoms with van der Waals surface area (Å²) in [6, 6.07) is 12.8. The van der Waals surface area contributed by atoms with Crippen molar-refractivity contribution in [1.29, 1.82) is 0 Å². The molecule has 1 saturated heterocycles. The molecular formula is C17H12N2O4S. The summed E-state index contributed by atoms with van der Waals surface area (Å²) in [4.78, 5) is 27.9. The fourth-order valence-corrected chi connectivity index (χ4v) is 2.90. The van der Waals surface area contributed by atoms with Crippen LogP contribution >= 0.6 is 11.8 Å².